The van der Waals surface area contributed by atoms with Gasteiger partial charge < -0.3 is 10.1 Å². The number of aromatic nitrogens is 1. The fourth-order valence-electron chi connectivity index (χ4n) is 2.97. The summed E-state index contributed by atoms with van der Waals surface area (Å²) in [6.45, 7) is 1.97. The highest BCUT2D eigenvalue weighted by molar-refractivity contribution is 7.89. The lowest BCUT2D eigenvalue weighted by Crippen LogP contribution is -2.40. The number of hydrogen-bond acceptors (Lipinski definition) is 3. The van der Waals surface area contributed by atoms with Gasteiger partial charge in [0.1, 0.15) is 10.6 Å². The van der Waals surface area contributed by atoms with E-state index in [-0.39, 0.29) is 16.6 Å². The highest BCUT2D eigenvalue weighted by Crippen LogP contribution is 2.28. The number of H-pyrrole nitrogens is 1. The molecule has 1 aliphatic carbocycles. The molecule has 7 heteroatoms. The summed E-state index contributed by atoms with van der Waals surface area (Å²) in [4.78, 5) is 13.3. The molecule has 0 spiro atoms. The first kappa shape index (κ1) is 16.0. The van der Waals surface area contributed by atoms with Gasteiger partial charge in [-0.1, -0.05) is 26.2 Å². The minimum absolute atomic E-state index is 0.0193. The van der Waals surface area contributed by atoms with Gasteiger partial charge in [0.15, 0.2) is 0 Å². The first-order chi connectivity index (χ1) is 9.94. The normalized spacial score (nSPS) is 18.5. The number of hydrogen-bond donors (Lipinski definition) is 3. The summed E-state index contributed by atoms with van der Waals surface area (Å²) < 4.78 is 27.5. The van der Waals surface area contributed by atoms with Crippen molar-refractivity contribution in [3.05, 3.63) is 18.0 Å². The van der Waals surface area contributed by atoms with E-state index >= 15 is 0 Å². The molecule has 0 radical (unpaired) electrons. The van der Waals surface area contributed by atoms with Crippen LogP contribution in [0.4, 0.5) is 0 Å². The second-order valence-electron chi connectivity index (χ2n) is 5.59. The average molecular weight is 314 g/mol. The quantitative estimate of drug-likeness (QED) is 0.750. The van der Waals surface area contributed by atoms with E-state index in [2.05, 4.69) is 9.71 Å². The van der Waals surface area contributed by atoms with Crippen molar-refractivity contribution in [1.29, 1.82) is 0 Å². The zero-order chi connectivity index (χ0) is 15.5. The molecule has 1 aromatic rings. The van der Waals surface area contributed by atoms with Crippen LogP contribution in [0.5, 0.6) is 0 Å². The molecule has 1 unspecified atom stereocenters. The predicted molar refractivity (Wildman–Crippen MR) is 78.7 cm³/mol. The molecule has 1 aliphatic rings. The Labute approximate surface area is 125 Å². The summed E-state index contributed by atoms with van der Waals surface area (Å²) in [5.74, 6) is -0.799. The molecule has 6 nitrogen and oxygen atoms in total. The molecule has 0 aromatic carbocycles. The lowest BCUT2D eigenvalue weighted by Gasteiger charge is -2.29. The van der Waals surface area contributed by atoms with Crippen LogP contribution < -0.4 is 4.72 Å². The number of nitrogens with one attached hydrogen (secondary N) is 2. The summed E-state index contributed by atoms with van der Waals surface area (Å²) in [7, 11) is -3.68. The maximum absolute atomic E-state index is 12.4. The molecule has 1 atom stereocenters. The molecule has 0 saturated heterocycles. The Bertz CT molecular complexity index is 588. The van der Waals surface area contributed by atoms with Gasteiger partial charge in [-0.25, -0.2) is 17.9 Å². The van der Waals surface area contributed by atoms with E-state index in [0.29, 0.717) is 5.92 Å². The Hall–Kier alpha value is -1.34. The maximum atomic E-state index is 12.4. The molecule has 0 bridgehead atoms. The molecular formula is C14H22N2O4S. The molecule has 1 saturated carbocycles. The third kappa shape index (κ3) is 3.85. The average Bonchev–Trinajstić information content (AvgIpc) is 2.96. The van der Waals surface area contributed by atoms with Gasteiger partial charge >= 0.3 is 5.97 Å². The highest BCUT2D eigenvalue weighted by atomic mass is 32.2. The largest absolute Gasteiger partial charge is 0.477 e. The van der Waals surface area contributed by atoms with Gasteiger partial charge in [0, 0.05) is 12.2 Å². The number of carboxylic acid groups (broad SMARTS) is 1. The van der Waals surface area contributed by atoms with Gasteiger partial charge in [-0.05, 0) is 31.2 Å². The van der Waals surface area contributed by atoms with Gasteiger partial charge in [-0.3, -0.25) is 0 Å². The smallest absolute Gasteiger partial charge is 0.352 e. The third-order valence-corrected chi connectivity index (χ3v) is 5.63. The Balaban J connectivity index is 2.12. The van der Waals surface area contributed by atoms with E-state index in [1.54, 1.807) is 0 Å². The predicted octanol–water partition coefficient (Wildman–Crippen LogP) is 2.35. The molecule has 0 amide bonds. The van der Waals surface area contributed by atoms with Crippen molar-refractivity contribution in [1.82, 2.24) is 9.71 Å². The topological polar surface area (TPSA) is 99.3 Å². The number of carbonyl (C=O) groups is 1. The van der Waals surface area contributed by atoms with Crippen LogP contribution in [0.1, 0.15) is 55.9 Å². The number of rotatable bonds is 6. The van der Waals surface area contributed by atoms with Gasteiger partial charge in [0.25, 0.3) is 0 Å². The summed E-state index contributed by atoms with van der Waals surface area (Å²) in [5, 5.41) is 8.85. The Morgan fingerprint density at radius 1 is 1.43 bits per heavy atom. The lowest BCUT2D eigenvalue weighted by atomic mass is 9.83. The van der Waals surface area contributed by atoms with Crippen molar-refractivity contribution in [2.24, 2.45) is 5.92 Å². The monoisotopic (exact) mass is 314 g/mol. The van der Waals surface area contributed by atoms with Gasteiger partial charge in [0.2, 0.25) is 10.0 Å². The van der Waals surface area contributed by atoms with Crippen molar-refractivity contribution in [3.63, 3.8) is 0 Å². The van der Waals surface area contributed by atoms with E-state index < -0.39 is 16.0 Å². The van der Waals surface area contributed by atoms with E-state index in [1.165, 1.54) is 12.6 Å². The fourth-order valence-corrected chi connectivity index (χ4v) is 4.35. The molecule has 1 heterocycles. The van der Waals surface area contributed by atoms with Crippen LogP contribution in [-0.2, 0) is 10.0 Å². The highest BCUT2D eigenvalue weighted by Gasteiger charge is 2.28. The summed E-state index contributed by atoms with van der Waals surface area (Å²) in [5.41, 5.74) is -0.124. The SMILES string of the molecule is CCC(NS(=O)(=O)c1c[nH]c(C(=O)O)c1)C1CCCCC1. The van der Waals surface area contributed by atoms with Crippen LogP contribution in [0.3, 0.4) is 0 Å². The van der Waals surface area contributed by atoms with Crippen LogP contribution in [0.15, 0.2) is 17.2 Å². The van der Waals surface area contributed by atoms with Gasteiger partial charge in [-0.15, -0.1) is 0 Å². The molecule has 1 aromatic heterocycles. The second-order valence-corrected chi connectivity index (χ2v) is 7.30. The molecule has 118 valence electrons. The third-order valence-electron chi connectivity index (χ3n) is 4.16. The standard InChI is InChI=1S/C14H22N2O4S/c1-2-12(10-6-4-3-5-7-10)16-21(19,20)11-8-13(14(17)18)15-9-11/h8-10,12,15-16H,2-7H2,1H3,(H,17,18). The minimum atomic E-state index is -3.68. The Morgan fingerprint density at radius 2 is 2.10 bits per heavy atom. The first-order valence-electron chi connectivity index (χ1n) is 7.38. The van der Waals surface area contributed by atoms with Crippen molar-refractivity contribution in [2.75, 3.05) is 0 Å². The zero-order valence-corrected chi connectivity index (χ0v) is 12.9. The van der Waals surface area contributed by atoms with E-state index in [4.69, 9.17) is 5.11 Å². The number of aromatic carboxylic acids is 1. The molecular weight excluding hydrogens is 292 g/mol. The van der Waals surface area contributed by atoms with Gasteiger partial charge in [0.05, 0.1) is 0 Å². The van der Waals surface area contributed by atoms with Crippen molar-refractivity contribution in [3.8, 4) is 0 Å². The van der Waals surface area contributed by atoms with Crippen molar-refractivity contribution < 1.29 is 18.3 Å². The number of aromatic amines is 1. The fraction of sp³-hybridized carbons (Fsp3) is 0.643. The van der Waals surface area contributed by atoms with Crippen LogP contribution in [0.25, 0.3) is 0 Å². The van der Waals surface area contributed by atoms with Crippen molar-refractivity contribution in [2.45, 2.75) is 56.4 Å². The summed E-state index contributed by atoms with van der Waals surface area (Å²) >= 11 is 0. The summed E-state index contributed by atoms with van der Waals surface area (Å²) in [6.07, 6.45) is 7.58. The van der Waals surface area contributed by atoms with Crippen molar-refractivity contribution >= 4 is 16.0 Å². The number of carboxylic acids is 1. The minimum Gasteiger partial charge on any atom is -0.477 e. The molecule has 2 rings (SSSR count). The van der Waals surface area contributed by atoms with Crippen LogP contribution in [-0.4, -0.2) is 30.5 Å². The molecule has 1 fully saturated rings. The molecule has 21 heavy (non-hydrogen) atoms. The van der Waals surface area contributed by atoms with E-state index in [0.717, 1.165) is 38.2 Å². The van der Waals surface area contributed by atoms with Crippen LogP contribution in [0, 0.1) is 5.92 Å². The van der Waals surface area contributed by atoms with Crippen LogP contribution >= 0.6 is 0 Å². The molecule has 3 N–H and O–H groups in total. The number of sulfonamides is 1. The first-order valence-corrected chi connectivity index (χ1v) is 8.86. The van der Waals surface area contributed by atoms with E-state index in [9.17, 15) is 13.2 Å². The van der Waals surface area contributed by atoms with E-state index in [1.807, 2.05) is 6.92 Å². The lowest BCUT2D eigenvalue weighted by molar-refractivity contribution is 0.0691. The van der Waals surface area contributed by atoms with Gasteiger partial charge in [-0.2, -0.15) is 0 Å². The maximum Gasteiger partial charge on any atom is 0.352 e. The Morgan fingerprint density at radius 3 is 2.62 bits per heavy atom. The molecule has 0 aliphatic heterocycles. The summed E-state index contributed by atoms with van der Waals surface area (Å²) in [6, 6.07) is 1.07. The second kappa shape index (κ2) is 6.62. The van der Waals surface area contributed by atoms with Crippen LogP contribution in [0.2, 0.25) is 0 Å². The zero-order valence-electron chi connectivity index (χ0n) is 12.1. The Kier molecular flexibility index (Phi) is 5.05.